The van der Waals surface area contributed by atoms with Crippen LogP contribution in [0.3, 0.4) is 0 Å². The van der Waals surface area contributed by atoms with Crippen LogP contribution in [0.1, 0.15) is 0 Å². The van der Waals surface area contributed by atoms with E-state index in [1.165, 1.54) is 0 Å². The van der Waals surface area contributed by atoms with Crippen molar-refractivity contribution in [2.45, 2.75) is 0 Å². The number of aromatic nitrogens is 4. The first-order valence-corrected chi connectivity index (χ1v) is 19.0. The summed E-state index contributed by atoms with van der Waals surface area (Å²) in [6.45, 7) is 0. The lowest BCUT2D eigenvalue weighted by Crippen LogP contribution is -2.00. The fourth-order valence-corrected chi connectivity index (χ4v) is 8.40. The van der Waals surface area contributed by atoms with E-state index in [0.29, 0.717) is 17.5 Å². The molecular formula is C51H30N4O2. The van der Waals surface area contributed by atoms with Gasteiger partial charge in [0.15, 0.2) is 17.5 Å². The van der Waals surface area contributed by atoms with Crippen molar-refractivity contribution in [3.8, 4) is 51.0 Å². The Balaban J connectivity index is 1.08. The molecule has 0 bridgehead atoms. The first kappa shape index (κ1) is 31.5. The van der Waals surface area contributed by atoms with Gasteiger partial charge in [-0.3, -0.25) is 0 Å². The number of hydrogen-bond acceptors (Lipinski definition) is 5. The highest BCUT2D eigenvalue weighted by molar-refractivity contribution is 6.24. The molecule has 0 atom stereocenters. The second kappa shape index (κ2) is 12.3. The summed E-state index contributed by atoms with van der Waals surface area (Å²) >= 11 is 0. The zero-order chi connectivity index (χ0) is 37.5. The van der Waals surface area contributed by atoms with Crippen molar-refractivity contribution in [3.63, 3.8) is 0 Å². The van der Waals surface area contributed by atoms with Gasteiger partial charge in [0.1, 0.15) is 22.3 Å². The van der Waals surface area contributed by atoms with Gasteiger partial charge >= 0.3 is 0 Å². The molecule has 4 aromatic heterocycles. The van der Waals surface area contributed by atoms with Gasteiger partial charge in [0.05, 0.1) is 22.0 Å². The molecule has 4 heterocycles. The normalized spacial score (nSPS) is 11.9. The lowest BCUT2D eigenvalue weighted by molar-refractivity contribution is 0.669. The van der Waals surface area contributed by atoms with Gasteiger partial charge in [-0.25, -0.2) is 15.0 Å². The molecule has 0 aliphatic carbocycles. The summed E-state index contributed by atoms with van der Waals surface area (Å²) in [7, 11) is 0. The largest absolute Gasteiger partial charge is 0.456 e. The molecule has 0 fully saturated rings. The highest BCUT2D eigenvalue weighted by Crippen LogP contribution is 2.43. The molecule has 0 spiro atoms. The molecule has 6 nitrogen and oxygen atoms in total. The number of fused-ring (bicyclic) bond motifs is 10. The van der Waals surface area contributed by atoms with E-state index in [9.17, 15) is 0 Å². The Hall–Kier alpha value is -7.83. The van der Waals surface area contributed by atoms with Gasteiger partial charge in [0.2, 0.25) is 0 Å². The van der Waals surface area contributed by atoms with Crippen LogP contribution in [0, 0.1) is 0 Å². The maximum absolute atomic E-state index is 7.03. The number of benzene rings is 8. The lowest BCUT2D eigenvalue weighted by Gasteiger charge is -2.09. The first-order valence-electron chi connectivity index (χ1n) is 19.0. The smallest absolute Gasteiger partial charge is 0.167 e. The summed E-state index contributed by atoms with van der Waals surface area (Å²) in [6, 6.07) is 62.6. The van der Waals surface area contributed by atoms with Crippen molar-refractivity contribution >= 4 is 65.7 Å². The Kier molecular flexibility index (Phi) is 6.83. The van der Waals surface area contributed by atoms with E-state index in [2.05, 4.69) is 138 Å². The molecule has 0 aliphatic heterocycles. The van der Waals surface area contributed by atoms with Crippen LogP contribution in [-0.4, -0.2) is 19.5 Å². The second-order valence-electron chi connectivity index (χ2n) is 14.4. The van der Waals surface area contributed by atoms with Crippen molar-refractivity contribution < 1.29 is 8.83 Å². The van der Waals surface area contributed by atoms with Gasteiger partial charge in [-0.1, -0.05) is 121 Å². The minimum atomic E-state index is 0.534. The maximum Gasteiger partial charge on any atom is 0.167 e. The minimum absolute atomic E-state index is 0.534. The third-order valence-electron chi connectivity index (χ3n) is 11.1. The molecule has 0 unspecified atom stereocenters. The summed E-state index contributed by atoms with van der Waals surface area (Å²) in [6.07, 6.45) is 0. The predicted octanol–water partition coefficient (Wildman–Crippen LogP) is 13.4. The summed E-state index contributed by atoms with van der Waals surface area (Å²) in [4.78, 5) is 15.5. The Morgan fingerprint density at radius 2 is 0.965 bits per heavy atom. The summed E-state index contributed by atoms with van der Waals surface area (Å²) < 4.78 is 15.5. The van der Waals surface area contributed by atoms with Gasteiger partial charge in [-0.15, -0.1) is 0 Å². The predicted molar refractivity (Wildman–Crippen MR) is 230 cm³/mol. The molecule has 57 heavy (non-hydrogen) atoms. The second-order valence-corrected chi connectivity index (χ2v) is 14.4. The number of hydrogen-bond donors (Lipinski definition) is 0. The molecule has 0 amide bonds. The van der Waals surface area contributed by atoms with E-state index in [0.717, 1.165) is 99.2 Å². The van der Waals surface area contributed by atoms with Gasteiger partial charge in [-0.2, -0.15) is 0 Å². The summed E-state index contributed by atoms with van der Waals surface area (Å²) in [5.41, 5.74) is 11.4. The van der Waals surface area contributed by atoms with Crippen molar-refractivity contribution in [2.24, 2.45) is 0 Å². The average molecular weight is 731 g/mol. The zero-order valence-electron chi connectivity index (χ0n) is 30.4. The monoisotopic (exact) mass is 730 g/mol. The summed E-state index contributed by atoms with van der Waals surface area (Å²) in [5.74, 6) is 1.68. The molecule has 0 saturated carbocycles. The maximum atomic E-state index is 7.03. The van der Waals surface area contributed by atoms with Crippen LogP contribution in [0.4, 0.5) is 0 Å². The zero-order valence-corrected chi connectivity index (χ0v) is 30.4. The SMILES string of the molecule is c1ccc(-c2ccc(-c3nc(-c4ccc5oc6ccccc6c5c4)nc(-c4cccc5c4oc4c5ccc5c4c4ccccc4n5-c4ccccc4)n3)cc2)cc1. The molecule has 6 heteroatoms. The van der Waals surface area contributed by atoms with Crippen LogP contribution >= 0.6 is 0 Å². The molecule has 0 radical (unpaired) electrons. The average Bonchev–Trinajstić information content (AvgIpc) is 3.96. The van der Waals surface area contributed by atoms with Crippen LogP contribution in [-0.2, 0) is 0 Å². The molecule has 0 aliphatic rings. The minimum Gasteiger partial charge on any atom is -0.456 e. The Morgan fingerprint density at radius 3 is 1.81 bits per heavy atom. The molecule has 12 rings (SSSR count). The van der Waals surface area contributed by atoms with Crippen LogP contribution in [0.5, 0.6) is 0 Å². The van der Waals surface area contributed by atoms with Crippen LogP contribution in [0.2, 0.25) is 0 Å². The van der Waals surface area contributed by atoms with E-state index in [-0.39, 0.29) is 0 Å². The highest BCUT2D eigenvalue weighted by Gasteiger charge is 2.22. The quantitative estimate of drug-likeness (QED) is 0.176. The highest BCUT2D eigenvalue weighted by atomic mass is 16.3. The third kappa shape index (κ3) is 4.94. The van der Waals surface area contributed by atoms with Crippen molar-refractivity contribution in [3.05, 3.63) is 182 Å². The van der Waals surface area contributed by atoms with Gasteiger partial charge in [0, 0.05) is 43.7 Å². The van der Waals surface area contributed by atoms with E-state index in [1.807, 2.05) is 48.5 Å². The first-order chi connectivity index (χ1) is 28.2. The molecule has 0 saturated heterocycles. The fraction of sp³-hybridized carbons (Fsp3) is 0. The molecule has 12 aromatic rings. The van der Waals surface area contributed by atoms with Crippen LogP contribution < -0.4 is 0 Å². The standard InChI is InChI=1S/C51H30N4O2/c1-3-12-31(13-4-1)32-22-24-33(25-23-32)49-52-50(34-26-29-45-41(30-34)36-16-8-10-21-44(36)56-45)54-51(53-49)40-19-11-18-37-38-27-28-43-46(48(38)57-47(37)40)39-17-7-9-20-42(39)55(43)35-14-5-2-6-15-35/h1-30H. The molecule has 266 valence electrons. The number of rotatable bonds is 5. The lowest BCUT2D eigenvalue weighted by atomic mass is 10.0. The topological polar surface area (TPSA) is 69.9 Å². The number of para-hydroxylation sites is 4. The van der Waals surface area contributed by atoms with Crippen LogP contribution in [0.25, 0.3) is 117 Å². The van der Waals surface area contributed by atoms with E-state index < -0.39 is 0 Å². The molecule has 8 aromatic carbocycles. The Labute approximate surface area is 325 Å². The van der Waals surface area contributed by atoms with Gasteiger partial charge < -0.3 is 13.4 Å². The van der Waals surface area contributed by atoms with Crippen molar-refractivity contribution in [1.82, 2.24) is 19.5 Å². The Bertz CT molecular complexity index is 3510. The van der Waals surface area contributed by atoms with Crippen LogP contribution in [0.15, 0.2) is 191 Å². The van der Waals surface area contributed by atoms with E-state index in [1.54, 1.807) is 0 Å². The number of furan rings is 2. The van der Waals surface area contributed by atoms with E-state index in [4.69, 9.17) is 23.8 Å². The van der Waals surface area contributed by atoms with Gasteiger partial charge in [0.25, 0.3) is 0 Å². The van der Waals surface area contributed by atoms with Crippen molar-refractivity contribution in [1.29, 1.82) is 0 Å². The molecular weight excluding hydrogens is 701 g/mol. The van der Waals surface area contributed by atoms with Crippen molar-refractivity contribution in [2.75, 3.05) is 0 Å². The molecule has 0 N–H and O–H groups in total. The fourth-order valence-electron chi connectivity index (χ4n) is 8.40. The Morgan fingerprint density at radius 1 is 0.351 bits per heavy atom. The third-order valence-corrected chi connectivity index (χ3v) is 11.1. The van der Waals surface area contributed by atoms with Gasteiger partial charge in [-0.05, 0) is 71.8 Å². The summed E-state index contributed by atoms with van der Waals surface area (Å²) in [5, 5.41) is 6.31. The number of nitrogens with zero attached hydrogens (tertiary/aromatic N) is 4. The van der Waals surface area contributed by atoms with E-state index >= 15 is 0 Å².